The first-order chi connectivity index (χ1) is 9.22. The van der Waals surface area contributed by atoms with Crippen LogP contribution in [0.3, 0.4) is 0 Å². The van der Waals surface area contributed by atoms with Gasteiger partial charge in [0.1, 0.15) is 0 Å². The van der Waals surface area contributed by atoms with Crippen LogP contribution in [0.2, 0.25) is 0 Å². The second kappa shape index (κ2) is 4.72. The van der Waals surface area contributed by atoms with E-state index in [1.807, 2.05) is 12.1 Å². The summed E-state index contributed by atoms with van der Waals surface area (Å²) in [6.45, 7) is 0. The average Bonchev–Trinajstić information content (AvgIpc) is 2.81. The Morgan fingerprint density at radius 1 is 1.11 bits per heavy atom. The second-order valence-corrected chi connectivity index (χ2v) is 4.79. The van der Waals surface area contributed by atoms with Gasteiger partial charge >= 0.3 is 0 Å². The Hall–Kier alpha value is -2.36. The number of rotatable bonds is 2. The molecule has 1 heterocycles. The van der Waals surface area contributed by atoms with Crippen LogP contribution in [0.25, 0.3) is 0 Å². The molecule has 0 unspecified atom stereocenters. The predicted molar refractivity (Wildman–Crippen MR) is 72.2 cm³/mol. The summed E-state index contributed by atoms with van der Waals surface area (Å²) in [6, 6.07) is 11.3. The Bertz CT molecular complexity index is 630. The van der Waals surface area contributed by atoms with Crippen molar-refractivity contribution >= 4 is 5.91 Å². The number of hydrogen-bond acceptors (Lipinski definition) is 2. The third-order valence-electron chi connectivity index (χ3n) is 3.43. The molecule has 96 valence electrons. The van der Waals surface area contributed by atoms with E-state index in [-0.39, 0.29) is 17.5 Å². The minimum absolute atomic E-state index is 0.136. The van der Waals surface area contributed by atoms with Gasteiger partial charge < -0.3 is 10.3 Å². The molecule has 3 rings (SSSR count). The summed E-state index contributed by atoms with van der Waals surface area (Å²) in [6.07, 6.45) is 3.18. The van der Waals surface area contributed by atoms with Crippen LogP contribution >= 0.6 is 0 Å². The highest BCUT2D eigenvalue weighted by Crippen LogP contribution is 2.21. The monoisotopic (exact) mass is 254 g/mol. The van der Waals surface area contributed by atoms with Gasteiger partial charge in [-0.05, 0) is 30.0 Å². The predicted octanol–water partition coefficient (Wildman–Crippen LogP) is 1.27. The van der Waals surface area contributed by atoms with Crippen molar-refractivity contribution in [3.63, 3.8) is 0 Å². The van der Waals surface area contributed by atoms with E-state index in [1.54, 1.807) is 0 Å². The summed E-state index contributed by atoms with van der Waals surface area (Å²) in [5.74, 6) is -0.144. The first-order valence-corrected chi connectivity index (χ1v) is 6.29. The second-order valence-electron chi connectivity index (χ2n) is 4.79. The topological polar surface area (TPSA) is 62.0 Å². The number of carbonyl (C=O) groups is 1. The molecule has 1 aliphatic carbocycles. The molecular weight excluding hydrogens is 240 g/mol. The van der Waals surface area contributed by atoms with Crippen LogP contribution in [-0.4, -0.2) is 16.9 Å². The van der Waals surface area contributed by atoms with Gasteiger partial charge in [-0.25, -0.2) is 0 Å². The highest BCUT2D eigenvalue weighted by atomic mass is 16.2. The number of benzene rings is 1. The van der Waals surface area contributed by atoms with Crippen molar-refractivity contribution in [2.45, 2.75) is 18.9 Å². The fourth-order valence-corrected chi connectivity index (χ4v) is 2.48. The van der Waals surface area contributed by atoms with E-state index in [4.69, 9.17) is 0 Å². The Morgan fingerprint density at radius 2 is 1.79 bits per heavy atom. The maximum absolute atomic E-state index is 12.0. The van der Waals surface area contributed by atoms with Gasteiger partial charge in [-0.1, -0.05) is 24.3 Å². The highest BCUT2D eigenvalue weighted by molar-refractivity contribution is 5.94. The molecule has 0 spiro atoms. The number of pyridine rings is 1. The van der Waals surface area contributed by atoms with Crippen molar-refractivity contribution in [3.05, 3.63) is 69.6 Å². The summed E-state index contributed by atoms with van der Waals surface area (Å²) in [5.41, 5.74) is 2.88. The number of amides is 1. The molecule has 1 aliphatic rings. The van der Waals surface area contributed by atoms with Crippen molar-refractivity contribution in [1.82, 2.24) is 10.3 Å². The van der Waals surface area contributed by atoms with E-state index in [0.717, 1.165) is 12.8 Å². The molecule has 0 radical (unpaired) electrons. The average molecular weight is 254 g/mol. The minimum atomic E-state index is -0.204. The van der Waals surface area contributed by atoms with E-state index in [1.165, 1.54) is 29.5 Å². The molecule has 4 nitrogen and oxygen atoms in total. The van der Waals surface area contributed by atoms with E-state index in [9.17, 15) is 9.59 Å². The first kappa shape index (κ1) is 11.7. The van der Waals surface area contributed by atoms with Gasteiger partial charge in [-0.15, -0.1) is 0 Å². The molecule has 2 N–H and O–H groups in total. The number of aromatic amines is 1. The third-order valence-corrected chi connectivity index (χ3v) is 3.43. The maximum Gasteiger partial charge on any atom is 0.252 e. The zero-order valence-corrected chi connectivity index (χ0v) is 10.3. The summed E-state index contributed by atoms with van der Waals surface area (Å²) >= 11 is 0. The van der Waals surface area contributed by atoms with Crippen molar-refractivity contribution in [2.24, 2.45) is 0 Å². The van der Waals surface area contributed by atoms with Crippen LogP contribution in [0.1, 0.15) is 21.5 Å². The zero-order chi connectivity index (χ0) is 13.2. The highest BCUT2D eigenvalue weighted by Gasteiger charge is 2.22. The number of hydrogen-bond donors (Lipinski definition) is 2. The standard InChI is InChI=1S/C15H14N2O2/c18-14-6-5-12(9-16-14)15(19)17-13-7-10-3-1-2-4-11(10)8-13/h1-6,9,13H,7-8H2,(H,16,18)(H,17,19). The number of H-pyrrole nitrogens is 1. The normalized spacial score (nSPS) is 14.1. The lowest BCUT2D eigenvalue weighted by molar-refractivity contribution is 0.0938. The quantitative estimate of drug-likeness (QED) is 0.847. The van der Waals surface area contributed by atoms with Crippen LogP contribution in [0, 0.1) is 0 Å². The molecule has 0 saturated carbocycles. The Morgan fingerprint density at radius 3 is 2.37 bits per heavy atom. The molecule has 0 bridgehead atoms. The van der Waals surface area contributed by atoms with Crippen LogP contribution in [0.5, 0.6) is 0 Å². The van der Waals surface area contributed by atoms with Gasteiger partial charge in [0.25, 0.3) is 5.91 Å². The molecule has 0 fully saturated rings. The lowest BCUT2D eigenvalue weighted by atomic mass is 10.1. The molecule has 1 aromatic carbocycles. The third kappa shape index (κ3) is 2.42. The van der Waals surface area contributed by atoms with E-state index in [0.29, 0.717) is 5.56 Å². The minimum Gasteiger partial charge on any atom is -0.349 e. The summed E-state index contributed by atoms with van der Waals surface area (Å²) in [4.78, 5) is 25.5. The molecular formula is C15H14N2O2. The largest absolute Gasteiger partial charge is 0.349 e. The van der Waals surface area contributed by atoms with Crippen LogP contribution in [0.4, 0.5) is 0 Å². The van der Waals surface area contributed by atoms with Gasteiger partial charge in [0.2, 0.25) is 5.56 Å². The first-order valence-electron chi connectivity index (χ1n) is 6.29. The molecule has 0 atom stereocenters. The molecule has 0 aliphatic heterocycles. The van der Waals surface area contributed by atoms with Crippen molar-refractivity contribution in [2.75, 3.05) is 0 Å². The fourth-order valence-electron chi connectivity index (χ4n) is 2.48. The maximum atomic E-state index is 12.0. The number of fused-ring (bicyclic) bond motifs is 1. The summed E-state index contributed by atoms with van der Waals surface area (Å²) in [7, 11) is 0. The van der Waals surface area contributed by atoms with Crippen molar-refractivity contribution in [1.29, 1.82) is 0 Å². The smallest absolute Gasteiger partial charge is 0.252 e. The lowest BCUT2D eigenvalue weighted by Crippen LogP contribution is -2.35. The molecule has 2 aromatic rings. The van der Waals surface area contributed by atoms with Gasteiger partial charge in [-0.2, -0.15) is 0 Å². The number of nitrogens with one attached hydrogen (secondary N) is 2. The molecule has 1 aromatic heterocycles. The van der Waals surface area contributed by atoms with Crippen molar-refractivity contribution in [3.8, 4) is 0 Å². The Labute approximate surface area is 110 Å². The summed E-state index contributed by atoms with van der Waals surface area (Å²) in [5, 5.41) is 3.00. The molecule has 0 saturated heterocycles. The SMILES string of the molecule is O=C(NC1Cc2ccccc2C1)c1ccc(=O)[nH]c1. The number of aromatic nitrogens is 1. The van der Waals surface area contributed by atoms with Crippen molar-refractivity contribution < 1.29 is 4.79 Å². The van der Waals surface area contributed by atoms with Gasteiger partial charge in [0.15, 0.2) is 0 Å². The molecule has 1 amide bonds. The zero-order valence-electron chi connectivity index (χ0n) is 10.3. The van der Waals surface area contributed by atoms with E-state index >= 15 is 0 Å². The van der Waals surface area contributed by atoms with Crippen LogP contribution in [0.15, 0.2) is 47.4 Å². The Kier molecular flexibility index (Phi) is 2.91. The fraction of sp³-hybridized carbons (Fsp3) is 0.200. The number of carbonyl (C=O) groups excluding carboxylic acids is 1. The van der Waals surface area contributed by atoms with E-state index in [2.05, 4.69) is 22.4 Å². The van der Waals surface area contributed by atoms with Gasteiger partial charge in [-0.3, -0.25) is 9.59 Å². The lowest BCUT2D eigenvalue weighted by Gasteiger charge is -2.11. The summed E-state index contributed by atoms with van der Waals surface area (Å²) < 4.78 is 0. The van der Waals surface area contributed by atoms with Gasteiger partial charge in [0.05, 0.1) is 5.56 Å². The Balaban J connectivity index is 1.69. The van der Waals surface area contributed by atoms with Crippen LogP contribution < -0.4 is 10.9 Å². The molecule has 4 heteroatoms. The van der Waals surface area contributed by atoms with Crippen LogP contribution in [-0.2, 0) is 12.8 Å². The van der Waals surface area contributed by atoms with Gasteiger partial charge in [0, 0.05) is 18.3 Å². The molecule has 19 heavy (non-hydrogen) atoms. The van der Waals surface area contributed by atoms with E-state index < -0.39 is 0 Å².